The van der Waals surface area contributed by atoms with Gasteiger partial charge in [0.15, 0.2) is 0 Å². The second-order valence-electron chi connectivity index (χ2n) is 7.89. The molecule has 0 bridgehead atoms. The van der Waals surface area contributed by atoms with Crippen molar-refractivity contribution in [2.24, 2.45) is 5.41 Å². The van der Waals surface area contributed by atoms with Crippen LogP contribution in [0.1, 0.15) is 37.7 Å². The summed E-state index contributed by atoms with van der Waals surface area (Å²) in [6.45, 7) is 6.61. The molecule has 4 heteroatoms. The van der Waals surface area contributed by atoms with Gasteiger partial charge in [-0.15, -0.1) is 0 Å². The summed E-state index contributed by atoms with van der Waals surface area (Å²) in [5, 5.41) is 2.98. The van der Waals surface area contributed by atoms with Gasteiger partial charge < -0.3 is 5.32 Å². The molecule has 1 unspecified atom stereocenters. The van der Waals surface area contributed by atoms with E-state index in [-0.39, 0.29) is 11.9 Å². The zero-order valence-corrected chi connectivity index (χ0v) is 14.5. The van der Waals surface area contributed by atoms with Crippen molar-refractivity contribution in [1.82, 2.24) is 15.1 Å². The van der Waals surface area contributed by atoms with E-state index in [1.807, 2.05) is 0 Å². The summed E-state index contributed by atoms with van der Waals surface area (Å²) in [7, 11) is 0. The lowest BCUT2D eigenvalue weighted by Gasteiger charge is -2.47. The first-order chi connectivity index (χ1) is 11.7. The molecule has 0 aromatic heterocycles. The molecule has 1 atom stereocenters. The van der Waals surface area contributed by atoms with Crippen LogP contribution < -0.4 is 5.32 Å². The van der Waals surface area contributed by atoms with Crippen LogP contribution >= 0.6 is 0 Å². The maximum absolute atomic E-state index is 11.9. The maximum atomic E-state index is 11.9. The van der Waals surface area contributed by atoms with Gasteiger partial charge in [-0.25, -0.2) is 0 Å². The van der Waals surface area contributed by atoms with Gasteiger partial charge in [0.05, 0.1) is 6.04 Å². The first-order valence-electron chi connectivity index (χ1n) is 9.52. The molecule has 0 saturated carbocycles. The standard InChI is InChI=1S/C20H29N3O/c24-19-18(6-11-21-19)23-14-9-20(10-15-23)7-12-22(13-8-20)16-17-4-2-1-3-5-17/h1-5,18H,6-16H2,(H,21,24). The number of nitrogens with zero attached hydrogens (tertiary/aromatic N) is 2. The fourth-order valence-electron chi connectivity index (χ4n) is 4.77. The van der Waals surface area contributed by atoms with E-state index in [9.17, 15) is 4.79 Å². The molecule has 3 fully saturated rings. The second kappa shape index (κ2) is 6.85. The average molecular weight is 327 g/mol. The summed E-state index contributed by atoms with van der Waals surface area (Å²) in [4.78, 5) is 16.9. The van der Waals surface area contributed by atoms with E-state index in [2.05, 4.69) is 45.4 Å². The molecule has 3 heterocycles. The van der Waals surface area contributed by atoms with Gasteiger partial charge >= 0.3 is 0 Å². The Morgan fingerprint density at radius 3 is 2.29 bits per heavy atom. The first-order valence-corrected chi connectivity index (χ1v) is 9.52. The summed E-state index contributed by atoms with van der Waals surface area (Å²) >= 11 is 0. The molecule has 3 aliphatic rings. The van der Waals surface area contributed by atoms with Crippen LogP contribution in [0, 0.1) is 5.41 Å². The quantitative estimate of drug-likeness (QED) is 0.925. The second-order valence-corrected chi connectivity index (χ2v) is 7.89. The molecule has 4 rings (SSSR count). The topological polar surface area (TPSA) is 35.6 Å². The lowest BCUT2D eigenvalue weighted by molar-refractivity contribution is -0.124. The van der Waals surface area contributed by atoms with Gasteiger partial charge in [-0.2, -0.15) is 0 Å². The maximum Gasteiger partial charge on any atom is 0.237 e. The summed E-state index contributed by atoms with van der Waals surface area (Å²) in [5.41, 5.74) is 1.97. The van der Waals surface area contributed by atoms with Crippen molar-refractivity contribution in [3.8, 4) is 0 Å². The molecule has 1 N–H and O–H groups in total. The molecule has 130 valence electrons. The number of amides is 1. The van der Waals surface area contributed by atoms with E-state index >= 15 is 0 Å². The van der Waals surface area contributed by atoms with Crippen LogP contribution in [-0.4, -0.2) is 54.5 Å². The minimum Gasteiger partial charge on any atom is -0.355 e. The van der Waals surface area contributed by atoms with Crippen LogP contribution in [0.3, 0.4) is 0 Å². The van der Waals surface area contributed by atoms with Gasteiger partial charge in [-0.05, 0) is 69.3 Å². The van der Waals surface area contributed by atoms with Crippen LogP contribution in [0.2, 0.25) is 0 Å². The number of nitrogens with one attached hydrogen (secondary N) is 1. The number of hydrogen-bond acceptors (Lipinski definition) is 3. The van der Waals surface area contributed by atoms with Crippen LogP contribution in [0.15, 0.2) is 30.3 Å². The Kier molecular flexibility index (Phi) is 4.59. The molecule has 1 aromatic rings. The van der Waals surface area contributed by atoms with Crippen LogP contribution in [0.4, 0.5) is 0 Å². The van der Waals surface area contributed by atoms with E-state index in [0.717, 1.165) is 32.6 Å². The fraction of sp³-hybridized carbons (Fsp3) is 0.650. The number of likely N-dealkylation sites (tertiary alicyclic amines) is 2. The number of piperidine rings is 2. The highest BCUT2D eigenvalue weighted by atomic mass is 16.2. The Labute approximate surface area is 145 Å². The predicted molar refractivity (Wildman–Crippen MR) is 95.6 cm³/mol. The molecule has 1 amide bonds. The zero-order chi connectivity index (χ0) is 16.4. The molecule has 3 aliphatic heterocycles. The van der Waals surface area contributed by atoms with Gasteiger partial charge in [0.1, 0.15) is 0 Å². The normalized spacial score (nSPS) is 28.2. The fourth-order valence-corrected chi connectivity index (χ4v) is 4.77. The van der Waals surface area contributed by atoms with Crippen LogP contribution in [0.5, 0.6) is 0 Å². The highest BCUT2D eigenvalue weighted by molar-refractivity contribution is 5.83. The van der Waals surface area contributed by atoms with E-state index in [0.29, 0.717) is 5.41 Å². The van der Waals surface area contributed by atoms with E-state index in [1.165, 1.54) is 44.3 Å². The molecule has 4 nitrogen and oxygen atoms in total. The average Bonchev–Trinajstić information content (AvgIpc) is 3.05. The van der Waals surface area contributed by atoms with E-state index < -0.39 is 0 Å². The number of carbonyl (C=O) groups is 1. The van der Waals surface area contributed by atoms with E-state index in [1.54, 1.807) is 0 Å². The predicted octanol–water partition coefficient (Wildman–Crippen LogP) is 2.25. The highest BCUT2D eigenvalue weighted by Crippen LogP contribution is 2.42. The number of rotatable bonds is 3. The largest absolute Gasteiger partial charge is 0.355 e. The summed E-state index contributed by atoms with van der Waals surface area (Å²) in [6, 6.07) is 11.0. The summed E-state index contributed by atoms with van der Waals surface area (Å²) in [5.74, 6) is 0.253. The third-order valence-corrected chi connectivity index (χ3v) is 6.48. The molecular weight excluding hydrogens is 298 g/mol. The van der Waals surface area contributed by atoms with Crippen LogP contribution in [-0.2, 0) is 11.3 Å². The highest BCUT2D eigenvalue weighted by Gasteiger charge is 2.40. The van der Waals surface area contributed by atoms with Gasteiger partial charge in [-0.1, -0.05) is 30.3 Å². The van der Waals surface area contributed by atoms with Crippen molar-refractivity contribution >= 4 is 5.91 Å². The minimum atomic E-state index is 0.153. The smallest absolute Gasteiger partial charge is 0.237 e. The molecule has 1 aromatic carbocycles. The Morgan fingerprint density at radius 1 is 1.00 bits per heavy atom. The molecule has 0 aliphatic carbocycles. The molecule has 24 heavy (non-hydrogen) atoms. The summed E-state index contributed by atoms with van der Waals surface area (Å²) < 4.78 is 0. The van der Waals surface area contributed by atoms with Crippen molar-refractivity contribution in [3.05, 3.63) is 35.9 Å². The number of carbonyl (C=O) groups excluding carboxylic acids is 1. The zero-order valence-electron chi connectivity index (χ0n) is 14.5. The lowest BCUT2D eigenvalue weighted by atomic mass is 9.71. The third-order valence-electron chi connectivity index (χ3n) is 6.48. The monoisotopic (exact) mass is 327 g/mol. The van der Waals surface area contributed by atoms with Gasteiger partial charge in [0.2, 0.25) is 5.91 Å². The van der Waals surface area contributed by atoms with Crippen molar-refractivity contribution < 1.29 is 4.79 Å². The van der Waals surface area contributed by atoms with E-state index in [4.69, 9.17) is 0 Å². The third kappa shape index (κ3) is 3.35. The number of hydrogen-bond donors (Lipinski definition) is 1. The van der Waals surface area contributed by atoms with Crippen LogP contribution in [0.25, 0.3) is 0 Å². The van der Waals surface area contributed by atoms with Gasteiger partial charge in [0.25, 0.3) is 0 Å². The van der Waals surface area contributed by atoms with Gasteiger partial charge in [0, 0.05) is 13.1 Å². The molecule has 0 radical (unpaired) electrons. The van der Waals surface area contributed by atoms with Crippen molar-refractivity contribution in [1.29, 1.82) is 0 Å². The molecule has 1 spiro atoms. The number of benzene rings is 1. The first kappa shape index (κ1) is 16.1. The van der Waals surface area contributed by atoms with Crippen molar-refractivity contribution in [3.63, 3.8) is 0 Å². The Bertz CT molecular complexity index is 556. The Balaban J connectivity index is 1.28. The Morgan fingerprint density at radius 2 is 1.67 bits per heavy atom. The van der Waals surface area contributed by atoms with Crippen molar-refractivity contribution in [2.45, 2.75) is 44.7 Å². The Hall–Kier alpha value is -1.39. The molecular formula is C20H29N3O. The van der Waals surface area contributed by atoms with Gasteiger partial charge in [-0.3, -0.25) is 14.6 Å². The summed E-state index contributed by atoms with van der Waals surface area (Å²) in [6.07, 6.45) is 6.19. The molecule has 3 saturated heterocycles. The van der Waals surface area contributed by atoms with Crippen molar-refractivity contribution in [2.75, 3.05) is 32.7 Å². The lowest BCUT2D eigenvalue weighted by Crippen LogP contribution is -2.50. The minimum absolute atomic E-state index is 0.153. The SMILES string of the molecule is O=C1NCCC1N1CCC2(CCN(Cc3ccccc3)CC2)CC1.